The number of rotatable bonds is 2. The number of benzene rings is 1. The fourth-order valence-electron chi connectivity index (χ4n) is 3.01. The summed E-state index contributed by atoms with van der Waals surface area (Å²) in [6, 6.07) is 15.4. The number of pyridine rings is 1. The summed E-state index contributed by atoms with van der Waals surface area (Å²) in [6.45, 7) is 8.49. The molecule has 3 heteroatoms. The van der Waals surface area contributed by atoms with Crippen molar-refractivity contribution in [1.29, 1.82) is 0 Å². The molecule has 3 nitrogen and oxygen atoms in total. The molecule has 2 unspecified atom stereocenters. The Morgan fingerprint density at radius 1 is 1.19 bits per heavy atom. The number of hydrogen-bond donors (Lipinski definition) is 1. The maximum atomic E-state index is 4.45. The van der Waals surface area contributed by atoms with Crippen LogP contribution in [-0.2, 0) is 5.54 Å². The van der Waals surface area contributed by atoms with Crippen molar-refractivity contribution in [1.82, 2.24) is 10.3 Å². The molecule has 0 aliphatic carbocycles. The van der Waals surface area contributed by atoms with Crippen molar-refractivity contribution < 1.29 is 0 Å². The van der Waals surface area contributed by atoms with Crippen molar-refractivity contribution in [2.24, 2.45) is 0 Å². The lowest BCUT2D eigenvalue weighted by Gasteiger charge is -2.46. The first-order chi connectivity index (χ1) is 10.1. The molecule has 110 valence electrons. The van der Waals surface area contributed by atoms with Gasteiger partial charge in [-0.3, -0.25) is 4.98 Å². The summed E-state index contributed by atoms with van der Waals surface area (Å²) < 4.78 is 0. The highest BCUT2D eigenvalue weighted by Crippen LogP contribution is 2.29. The first-order valence-electron chi connectivity index (χ1n) is 7.58. The average molecular weight is 281 g/mol. The molecular weight excluding hydrogens is 258 g/mol. The number of aromatic nitrogens is 1. The summed E-state index contributed by atoms with van der Waals surface area (Å²) in [6.07, 6.45) is 1.99. The van der Waals surface area contributed by atoms with Gasteiger partial charge in [-0.05, 0) is 38.5 Å². The van der Waals surface area contributed by atoms with E-state index in [4.69, 9.17) is 0 Å². The molecule has 1 aliphatic rings. The third kappa shape index (κ3) is 2.79. The molecule has 0 radical (unpaired) electrons. The van der Waals surface area contributed by atoms with Crippen LogP contribution in [0.2, 0.25) is 0 Å². The standard InChI is InChI=1S/C18H23N3/c1-14-9-10-17(12-19-14)21-13-18(3,20-11-15(21)2)16-7-5-4-6-8-16/h4-10,12,15,20H,11,13H2,1-3H3. The Morgan fingerprint density at radius 2 is 1.95 bits per heavy atom. The van der Waals surface area contributed by atoms with E-state index in [0.29, 0.717) is 6.04 Å². The second-order valence-electron chi connectivity index (χ2n) is 6.21. The van der Waals surface area contributed by atoms with E-state index < -0.39 is 0 Å². The van der Waals surface area contributed by atoms with E-state index in [2.05, 4.69) is 71.5 Å². The van der Waals surface area contributed by atoms with Gasteiger partial charge in [0, 0.05) is 24.8 Å². The highest BCUT2D eigenvalue weighted by atomic mass is 15.3. The molecule has 0 amide bonds. The Hall–Kier alpha value is -1.87. The molecule has 2 heterocycles. The zero-order valence-electron chi connectivity index (χ0n) is 13.0. The van der Waals surface area contributed by atoms with Crippen molar-refractivity contribution in [3.05, 3.63) is 59.9 Å². The van der Waals surface area contributed by atoms with Crippen LogP contribution in [0.15, 0.2) is 48.7 Å². The van der Waals surface area contributed by atoms with Gasteiger partial charge in [-0.25, -0.2) is 0 Å². The molecule has 1 N–H and O–H groups in total. The molecular formula is C18H23N3. The highest BCUT2D eigenvalue weighted by Gasteiger charge is 2.35. The normalized spacial score (nSPS) is 25.9. The smallest absolute Gasteiger partial charge is 0.0584 e. The molecule has 2 atom stereocenters. The zero-order valence-corrected chi connectivity index (χ0v) is 13.0. The Bertz CT molecular complexity index is 594. The van der Waals surface area contributed by atoms with Crippen LogP contribution >= 0.6 is 0 Å². The monoisotopic (exact) mass is 281 g/mol. The summed E-state index contributed by atoms with van der Waals surface area (Å²) in [5.74, 6) is 0. The Labute approximate surface area is 127 Å². The lowest BCUT2D eigenvalue weighted by atomic mass is 9.88. The maximum Gasteiger partial charge on any atom is 0.0584 e. The van der Waals surface area contributed by atoms with Crippen molar-refractivity contribution in [2.75, 3.05) is 18.0 Å². The Morgan fingerprint density at radius 3 is 2.62 bits per heavy atom. The number of nitrogens with one attached hydrogen (secondary N) is 1. The molecule has 1 aromatic carbocycles. The predicted molar refractivity (Wildman–Crippen MR) is 87.6 cm³/mol. The summed E-state index contributed by atoms with van der Waals surface area (Å²) >= 11 is 0. The number of anilines is 1. The summed E-state index contributed by atoms with van der Waals surface area (Å²) in [5.41, 5.74) is 3.57. The SMILES string of the molecule is Cc1ccc(N2CC(C)(c3ccccc3)NCC2C)cn1. The van der Waals surface area contributed by atoms with Crippen LogP contribution in [0.3, 0.4) is 0 Å². The van der Waals surface area contributed by atoms with Gasteiger partial charge in [0.05, 0.1) is 17.4 Å². The van der Waals surface area contributed by atoms with Gasteiger partial charge in [0.15, 0.2) is 0 Å². The molecule has 0 spiro atoms. The van der Waals surface area contributed by atoms with Gasteiger partial charge in [-0.2, -0.15) is 0 Å². The van der Waals surface area contributed by atoms with Crippen LogP contribution in [0, 0.1) is 6.92 Å². The van der Waals surface area contributed by atoms with E-state index in [0.717, 1.165) is 18.8 Å². The second kappa shape index (κ2) is 5.49. The first-order valence-corrected chi connectivity index (χ1v) is 7.58. The van der Waals surface area contributed by atoms with Gasteiger partial charge in [0.2, 0.25) is 0 Å². The van der Waals surface area contributed by atoms with Gasteiger partial charge in [-0.1, -0.05) is 30.3 Å². The summed E-state index contributed by atoms with van der Waals surface area (Å²) in [4.78, 5) is 6.90. The van der Waals surface area contributed by atoms with E-state index in [1.807, 2.05) is 13.1 Å². The van der Waals surface area contributed by atoms with Crippen molar-refractivity contribution >= 4 is 5.69 Å². The van der Waals surface area contributed by atoms with Crippen molar-refractivity contribution in [3.63, 3.8) is 0 Å². The highest BCUT2D eigenvalue weighted by molar-refractivity contribution is 5.48. The largest absolute Gasteiger partial charge is 0.364 e. The topological polar surface area (TPSA) is 28.2 Å². The molecule has 21 heavy (non-hydrogen) atoms. The number of hydrogen-bond acceptors (Lipinski definition) is 3. The lowest BCUT2D eigenvalue weighted by molar-refractivity contribution is 0.299. The quantitative estimate of drug-likeness (QED) is 0.917. The van der Waals surface area contributed by atoms with Crippen LogP contribution in [0.25, 0.3) is 0 Å². The minimum atomic E-state index is -0.0291. The number of piperazine rings is 1. The van der Waals surface area contributed by atoms with Gasteiger partial charge in [0.1, 0.15) is 0 Å². The van der Waals surface area contributed by atoms with Crippen molar-refractivity contribution in [2.45, 2.75) is 32.4 Å². The van der Waals surface area contributed by atoms with E-state index in [-0.39, 0.29) is 5.54 Å². The number of aryl methyl sites for hydroxylation is 1. The summed E-state index contributed by atoms with van der Waals surface area (Å²) in [7, 11) is 0. The predicted octanol–water partition coefficient (Wildman–Crippen LogP) is 3.10. The fraction of sp³-hybridized carbons (Fsp3) is 0.389. The van der Waals surface area contributed by atoms with Crippen LogP contribution in [0.5, 0.6) is 0 Å². The molecule has 1 aliphatic heterocycles. The number of nitrogens with zero attached hydrogens (tertiary/aromatic N) is 2. The average Bonchev–Trinajstić information content (AvgIpc) is 2.52. The lowest BCUT2D eigenvalue weighted by Crippen LogP contribution is -2.60. The van der Waals surface area contributed by atoms with Crippen molar-refractivity contribution in [3.8, 4) is 0 Å². The van der Waals surface area contributed by atoms with E-state index >= 15 is 0 Å². The third-order valence-electron chi connectivity index (χ3n) is 4.44. The Kier molecular flexibility index (Phi) is 3.68. The molecule has 2 aromatic rings. The van der Waals surface area contributed by atoms with Gasteiger partial charge >= 0.3 is 0 Å². The minimum absolute atomic E-state index is 0.0291. The van der Waals surface area contributed by atoms with E-state index in [1.165, 1.54) is 11.3 Å². The van der Waals surface area contributed by atoms with Crippen LogP contribution in [-0.4, -0.2) is 24.1 Å². The van der Waals surface area contributed by atoms with E-state index in [9.17, 15) is 0 Å². The zero-order chi connectivity index (χ0) is 14.9. The molecule has 0 bridgehead atoms. The second-order valence-corrected chi connectivity index (χ2v) is 6.21. The third-order valence-corrected chi connectivity index (χ3v) is 4.44. The minimum Gasteiger partial charge on any atom is -0.364 e. The van der Waals surface area contributed by atoms with Crippen LogP contribution in [0.4, 0.5) is 5.69 Å². The molecule has 0 saturated carbocycles. The van der Waals surface area contributed by atoms with E-state index in [1.54, 1.807) is 0 Å². The molecule has 1 fully saturated rings. The molecule has 1 aromatic heterocycles. The Balaban J connectivity index is 1.89. The molecule has 3 rings (SSSR count). The summed E-state index contributed by atoms with van der Waals surface area (Å²) in [5, 5.41) is 3.71. The maximum absolute atomic E-state index is 4.45. The van der Waals surface area contributed by atoms with Gasteiger partial charge < -0.3 is 10.2 Å². The van der Waals surface area contributed by atoms with Crippen LogP contribution in [0.1, 0.15) is 25.1 Å². The molecule has 1 saturated heterocycles. The van der Waals surface area contributed by atoms with Gasteiger partial charge in [-0.15, -0.1) is 0 Å². The van der Waals surface area contributed by atoms with Crippen LogP contribution < -0.4 is 10.2 Å². The first kappa shape index (κ1) is 14.1. The fourth-order valence-corrected chi connectivity index (χ4v) is 3.01. The van der Waals surface area contributed by atoms with Gasteiger partial charge in [0.25, 0.3) is 0 Å².